The van der Waals surface area contributed by atoms with Crippen molar-refractivity contribution >= 4 is 53.7 Å². The number of rotatable bonds is 23. The van der Waals surface area contributed by atoms with Gasteiger partial charge in [0.1, 0.15) is 0 Å². The number of hydrogen-bond acceptors (Lipinski definition) is 1. The molecule has 36 heavy (non-hydrogen) atoms. The van der Waals surface area contributed by atoms with Crippen LogP contribution in [0, 0.1) is 0 Å². The van der Waals surface area contributed by atoms with Gasteiger partial charge in [-0.05, 0) is 72.8 Å². The summed E-state index contributed by atoms with van der Waals surface area (Å²) >= 11 is 10.7. The minimum Gasteiger partial charge on any atom is -0.339 e. The van der Waals surface area contributed by atoms with Crippen molar-refractivity contribution in [1.29, 1.82) is 0 Å². The van der Waals surface area contributed by atoms with Crippen molar-refractivity contribution in [3.05, 3.63) is 31.1 Å². The Bertz CT molecular complexity index is 671. The number of halogens is 3. The number of benzene rings is 1. The summed E-state index contributed by atoms with van der Waals surface area (Å²) in [4.78, 5) is 15.6. The van der Waals surface area contributed by atoms with Gasteiger partial charge in [0.15, 0.2) is 0 Å². The number of unbranched alkanes of at least 4 members (excludes halogenated alkanes) is 18. The molecule has 208 valence electrons. The Morgan fingerprint density at radius 1 is 0.528 bits per heavy atom. The third kappa shape index (κ3) is 16.2. The molecule has 0 fully saturated rings. The normalized spacial score (nSPS) is 11.2. The third-order valence-electron chi connectivity index (χ3n) is 7.09. The van der Waals surface area contributed by atoms with Crippen molar-refractivity contribution in [1.82, 2.24) is 4.90 Å². The molecule has 1 aromatic rings. The molecule has 0 aliphatic carbocycles. The van der Waals surface area contributed by atoms with E-state index in [1.165, 1.54) is 116 Å². The summed E-state index contributed by atoms with van der Waals surface area (Å²) < 4.78 is 2.74. The predicted molar refractivity (Wildman–Crippen MR) is 169 cm³/mol. The van der Waals surface area contributed by atoms with Gasteiger partial charge in [0.25, 0.3) is 5.91 Å². The van der Waals surface area contributed by atoms with E-state index in [1.54, 1.807) is 0 Å². The van der Waals surface area contributed by atoms with Crippen LogP contribution in [0.25, 0.3) is 0 Å². The predicted octanol–water partition coefficient (Wildman–Crippen LogP) is 12.3. The Labute approximate surface area is 248 Å². The van der Waals surface area contributed by atoms with Crippen LogP contribution < -0.4 is 0 Å². The lowest BCUT2D eigenvalue weighted by atomic mass is 10.1. The van der Waals surface area contributed by atoms with Gasteiger partial charge in [-0.25, -0.2) is 0 Å². The van der Waals surface area contributed by atoms with Gasteiger partial charge >= 0.3 is 0 Å². The van der Waals surface area contributed by atoms with Crippen LogP contribution in [0.2, 0.25) is 0 Å². The summed E-state index contributed by atoms with van der Waals surface area (Å²) in [5.41, 5.74) is 0.754. The van der Waals surface area contributed by atoms with Gasteiger partial charge in [0, 0.05) is 26.5 Å². The fourth-order valence-electron chi connectivity index (χ4n) is 4.75. The molecule has 0 unspecified atom stereocenters. The van der Waals surface area contributed by atoms with Crippen LogP contribution in [-0.4, -0.2) is 23.9 Å². The topological polar surface area (TPSA) is 20.3 Å². The first-order valence-corrected chi connectivity index (χ1v) is 17.3. The minimum absolute atomic E-state index is 0.155. The molecule has 0 aliphatic rings. The van der Waals surface area contributed by atoms with Gasteiger partial charge in [0.05, 0.1) is 5.56 Å². The van der Waals surface area contributed by atoms with Crippen molar-refractivity contribution in [2.45, 2.75) is 142 Å². The summed E-state index contributed by atoms with van der Waals surface area (Å²) in [6.07, 6.45) is 26.4. The molecule has 0 heterocycles. The number of hydrogen-bond donors (Lipinski definition) is 0. The van der Waals surface area contributed by atoms with E-state index >= 15 is 0 Å². The van der Waals surface area contributed by atoms with E-state index in [0.717, 1.165) is 44.9 Å². The lowest BCUT2D eigenvalue weighted by Crippen LogP contribution is -2.33. The van der Waals surface area contributed by atoms with E-state index in [1.807, 2.05) is 12.1 Å². The molecule has 0 radical (unpaired) electrons. The molecule has 0 saturated heterocycles. The summed E-state index contributed by atoms with van der Waals surface area (Å²) in [6, 6.07) is 3.91. The Balaban J connectivity index is 2.42. The molecular formula is C31H52Br3NO. The Hall–Kier alpha value is 0.130. The lowest BCUT2D eigenvalue weighted by molar-refractivity contribution is 0.0748. The second-order valence-corrected chi connectivity index (χ2v) is 13.0. The Morgan fingerprint density at radius 2 is 0.861 bits per heavy atom. The lowest BCUT2D eigenvalue weighted by Gasteiger charge is -2.24. The zero-order valence-corrected chi connectivity index (χ0v) is 28.0. The Kier molecular flexibility index (Phi) is 21.9. The van der Waals surface area contributed by atoms with Gasteiger partial charge in [0.2, 0.25) is 0 Å². The van der Waals surface area contributed by atoms with Gasteiger partial charge < -0.3 is 4.90 Å². The molecule has 2 nitrogen and oxygen atoms in total. The third-order valence-corrected chi connectivity index (χ3v) is 9.59. The van der Waals surface area contributed by atoms with Gasteiger partial charge in [-0.1, -0.05) is 129 Å². The van der Waals surface area contributed by atoms with Crippen molar-refractivity contribution < 1.29 is 4.79 Å². The highest BCUT2D eigenvalue weighted by Gasteiger charge is 2.19. The van der Waals surface area contributed by atoms with Crippen LogP contribution in [0.3, 0.4) is 0 Å². The van der Waals surface area contributed by atoms with Gasteiger partial charge in [-0.2, -0.15) is 0 Å². The monoisotopic (exact) mass is 691 g/mol. The summed E-state index contributed by atoms with van der Waals surface area (Å²) in [7, 11) is 0. The molecule has 1 amide bonds. The molecule has 0 bridgehead atoms. The summed E-state index contributed by atoms with van der Waals surface area (Å²) in [5.74, 6) is 0.155. The fraction of sp³-hybridized carbons (Fsp3) is 0.774. The first-order chi connectivity index (χ1) is 17.5. The smallest absolute Gasteiger partial charge is 0.255 e. The van der Waals surface area contributed by atoms with Crippen LogP contribution >= 0.6 is 47.8 Å². The maximum atomic E-state index is 13.5. The molecule has 0 spiro atoms. The quantitative estimate of drug-likeness (QED) is 0.0825. The van der Waals surface area contributed by atoms with E-state index in [4.69, 9.17) is 0 Å². The van der Waals surface area contributed by atoms with Crippen LogP contribution in [-0.2, 0) is 0 Å². The van der Waals surface area contributed by atoms with Gasteiger partial charge in [-0.15, -0.1) is 0 Å². The molecule has 0 N–H and O–H groups in total. The summed E-state index contributed by atoms with van der Waals surface area (Å²) in [6.45, 7) is 6.29. The molecule has 0 aliphatic heterocycles. The van der Waals surface area contributed by atoms with E-state index in [9.17, 15) is 4.79 Å². The first-order valence-electron chi connectivity index (χ1n) is 14.9. The van der Waals surface area contributed by atoms with Gasteiger partial charge in [-0.3, -0.25) is 4.79 Å². The fourth-order valence-corrected chi connectivity index (χ4v) is 6.26. The number of carbonyl (C=O) groups excluding carboxylic acids is 1. The van der Waals surface area contributed by atoms with Crippen molar-refractivity contribution in [3.8, 4) is 0 Å². The second-order valence-electron chi connectivity index (χ2n) is 10.4. The molecular weight excluding hydrogens is 642 g/mol. The van der Waals surface area contributed by atoms with Crippen LogP contribution in [0.1, 0.15) is 153 Å². The minimum atomic E-state index is 0.155. The first kappa shape index (κ1) is 34.2. The number of carbonyl (C=O) groups is 1. The SMILES string of the molecule is CCCCCCCCCCCCN(CCCCCCCCCCCC)C(=O)c1cc(Br)c(Br)cc1Br. The zero-order chi connectivity index (χ0) is 26.4. The average molecular weight is 694 g/mol. The van der Waals surface area contributed by atoms with E-state index in [-0.39, 0.29) is 5.91 Å². The molecule has 5 heteroatoms. The highest BCUT2D eigenvalue weighted by molar-refractivity contribution is 9.13. The molecule has 0 aromatic heterocycles. The van der Waals surface area contributed by atoms with Crippen molar-refractivity contribution in [3.63, 3.8) is 0 Å². The second kappa shape index (κ2) is 23.1. The van der Waals surface area contributed by atoms with Crippen molar-refractivity contribution in [2.24, 2.45) is 0 Å². The van der Waals surface area contributed by atoms with Crippen LogP contribution in [0.15, 0.2) is 25.6 Å². The van der Waals surface area contributed by atoms with E-state index < -0.39 is 0 Å². The van der Waals surface area contributed by atoms with E-state index in [2.05, 4.69) is 66.5 Å². The molecule has 0 saturated carbocycles. The number of amides is 1. The van der Waals surface area contributed by atoms with E-state index in [0.29, 0.717) is 0 Å². The zero-order valence-electron chi connectivity index (χ0n) is 23.2. The molecule has 0 atom stereocenters. The molecule has 1 aromatic carbocycles. The Morgan fingerprint density at radius 3 is 1.25 bits per heavy atom. The average Bonchev–Trinajstić information content (AvgIpc) is 2.86. The highest BCUT2D eigenvalue weighted by atomic mass is 79.9. The van der Waals surface area contributed by atoms with Crippen molar-refractivity contribution in [2.75, 3.05) is 13.1 Å². The standard InChI is InChI=1S/C31H52Br3NO/c1-3-5-7-9-11-13-15-17-19-21-23-35(24-22-20-18-16-14-12-10-8-6-4-2)31(36)27-25-29(33)30(34)26-28(27)32/h25-26H,3-24H2,1-2H3. The molecule has 1 rings (SSSR count). The largest absolute Gasteiger partial charge is 0.339 e. The highest BCUT2D eigenvalue weighted by Crippen LogP contribution is 2.31. The maximum Gasteiger partial charge on any atom is 0.255 e. The number of nitrogens with zero attached hydrogens (tertiary/aromatic N) is 1. The van der Waals surface area contributed by atoms with Crippen LogP contribution in [0.4, 0.5) is 0 Å². The van der Waals surface area contributed by atoms with Crippen LogP contribution in [0.5, 0.6) is 0 Å². The maximum absolute atomic E-state index is 13.5. The summed E-state index contributed by atoms with van der Waals surface area (Å²) in [5, 5.41) is 0.